The third-order valence-electron chi connectivity index (χ3n) is 3.28. The minimum Gasteiger partial charge on any atom is -0.296 e. The first-order chi connectivity index (χ1) is 12.3. The van der Waals surface area contributed by atoms with Gasteiger partial charge in [-0.2, -0.15) is 5.10 Å². The summed E-state index contributed by atoms with van der Waals surface area (Å²) < 4.78 is 1.56. The fourth-order valence-electron chi connectivity index (χ4n) is 2.14. The molecule has 0 fully saturated rings. The zero-order chi connectivity index (χ0) is 17.1. The van der Waals surface area contributed by atoms with Crippen LogP contribution in [-0.2, 0) is 6.67 Å². The maximum atomic E-state index is 12.1. The molecule has 4 rings (SSSR count). The minimum absolute atomic E-state index is 0.254. The summed E-state index contributed by atoms with van der Waals surface area (Å²) in [6.45, 7) is 0.254. The van der Waals surface area contributed by atoms with E-state index in [-0.39, 0.29) is 12.6 Å². The zero-order valence-corrected chi connectivity index (χ0v) is 13.7. The fraction of sp³-hybridized carbons (Fsp3) is 0.0667. The van der Waals surface area contributed by atoms with E-state index in [0.717, 1.165) is 5.56 Å². The lowest BCUT2D eigenvalue weighted by Gasteiger charge is -1.99. The number of anilines is 1. The Morgan fingerprint density at radius 2 is 2.04 bits per heavy atom. The van der Waals surface area contributed by atoms with Crippen LogP contribution in [0.3, 0.4) is 0 Å². The number of nitrogens with zero attached hydrogens (tertiary/aromatic N) is 7. The third-order valence-corrected chi connectivity index (χ3v) is 3.97. The monoisotopic (exact) mass is 352 g/mol. The lowest BCUT2D eigenvalue weighted by molar-refractivity contribution is 0.102. The van der Waals surface area contributed by atoms with Gasteiger partial charge in [-0.05, 0) is 11.3 Å². The van der Waals surface area contributed by atoms with E-state index in [9.17, 15) is 4.79 Å². The second-order valence-electron chi connectivity index (χ2n) is 5.02. The highest BCUT2D eigenvalue weighted by Crippen LogP contribution is 2.13. The predicted molar refractivity (Wildman–Crippen MR) is 90.9 cm³/mol. The molecule has 0 atom stereocenters. The molecule has 9 nitrogen and oxygen atoms in total. The van der Waals surface area contributed by atoms with Crippen molar-refractivity contribution in [3.8, 4) is 11.4 Å². The highest BCUT2D eigenvalue weighted by atomic mass is 32.1. The maximum absolute atomic E-state index is 12.1. The van der Waals surface area contributed by atoms with Gasteiger partial charge in [0.05, 0.1) is 0 Å². The number of amides is 1. The Balaban J connectivity index is 1.45. The van der Waals surface area contributed by atoms with E-state index < -0.39 is 0 Å². The molecule has 0 unspecified atom stereocenters. The smallest absolute Gasteiger partial charge is 0.277 e. The number of rotatable bonds is 5. The Morgan fingerprint density at radius 1 is 1.16 bits per heavy atom. The standard InChI is InChI=1S/C15H12N8OS/c24-14(17-15-16-7-9-25-15)12-6-8-22(19-12)10-23-20-13(18-21-23)11-4-2-1-3-5-11/h1-9H,10H2,(H,16,17,24). The van der Waals surface area contributed by atoms with Gasteiger partial charge in [0.15, 0.2) is 17.5 Å². The Morgan fingerprint density at radius 3 is 2.84 bits per heavy atom. The van der Waals surface area contributed by atoms with Gasteiger partial charge in [-0.25, -0.2) is 9.67 Å². The molecule has 0 aliphatic rings. The predicted octanol–water partition coefficient (Wildman–Crippen LogP) is 1.75. The molecule has 4 aromatic rings. The lowest BCUT2D eigenvalue weighted by Crippen LogP contribution is -2.15. The molecule has 0 aliphatic heterocycles. The molecule has 124 valence electrons. The van der Waals surface area contributed by atoms with Gasteiger partial charge in [-0.15, -0.1) is 26.3 Å². The number of tetrazole rings is 1. The molecular formula is C15H12N8OS. The van der Waals surface area contributed by atoms with E-state index in [1.165, 1.54) is 16.1 Å². The summed E-state index contributed by atoms with van der Waals surface area (Å²) in [5.41, 5.74) is 1.18. The Hall–Kier alpha value is -3.40. The van der Waals surface area contributed by atoms with E-state index in [1.807, 2.05) is 30.3 Å². The molecule has 3 aromatic heterocycles. The van der Waals surface area contributed by atoms with Crippen molar-refractivity contribution in [2.45, 2.75) is 6.67 Å². The SMILES string of the molecule is O=C(Nc1nccs1)c1ccn(Cn2nnc(-c3ccccc3)n2)n1. The van der Waals surface area contributed by atoms with Crippen LogP contribution < -0.4 is 5.32 Å². The quantitative estimate of drug-likeness (QED) is 0.587. The molecular weight excluding hydrogens is 340 g/mol. The van der Waals surface area contributed by atoms with Gasteiger partial charge in [-0.1, -0.05) is 30.3 Å². The second kappa shape index (κ2) is 6.61. The van der Waals surface area contributed by atoms with Crippen molar-refractivity contribution in [3.63, 3.8) is 0 Å². The summed E-state index contributed by atoms with van der Waals surface area (Å²) >= 11 is 1.35. The van der Waals surface area contributed by atoms with Gasteiger partial charge < -0.3 is 0 Å². The van der Waals surface area contributed by atoms with Crippen LogP contribution in [0.4, 0.5) is 5.13 Å². The number of hydrogen-bond donors (Lipinski definition) is 1. The molecule has 0 saturated carbocycles. The summed E-state index contributed by atoms with van der Waals surface area (Å²) in [6, 6.07) is 11.2. The largest absolute Gasteiger partial charge is 0.296 e. The number of nitrogens with one attached hydrogen (secondary N) is 1. The van der Waals surface area contributed by atoms with Crippen LogP contribution in [-0.4, -0.2) is 40.9 Å². The third kappa shape index (κ3) is 3.43. The summed E-state index contributed by atoms with van der Waals surface area (Å²) in [4.78, 5) is 17.5. The van der Waals surface area contributed by atoms with Gasteiger partial charge in [0.2, 0.25) is 5.82 Å². The summed E-state index contributed by atoms with van der Waals surface area (Å²) in [5.74, 6) is 0.222. The normalized spacial score (nSPS) is 10.7. The first kappa shape index (κ1) is 15.1. The van der Waals surface area contributed by atoms with Crippen LogP contribution in [0.5, 0.6) is 0 Å². The van der Waals surface area contributed by atoms with Crippen molar-refractivity contribution >= 4 is 22.4 Å². The van der Waals surface area contributed by atoms with Crippen LogP contribution in [0.25, 0.3) is 11.4 Å². The summed E-state index contributed by atoms with van der Waals surface area (Å²) in [7, 11) is 0. The molecule has 0 bridgehead atoms. The highest BCUT2D eigenvalue weighted by molar-refractivity contribution is 7.13. The number of thiazole rings is 1. The van der Waals surface area contributed by atoms with Crippen molar-refractivity contribution in [2.24, 2.45) is 0 Å². The molecule has 0 radical (unpaired) electrons. The zero-order valence-electron chi connectivity index (χ0n) is 12.9. The minimum atomic E-state index is -0.315. The Bertz CT molecular complexity index is 976. The number of benzene rings is 1. The first-order valence-corrected chi connectivity index (χ1v) is 8.23. The number of aromatic nitrogens is 7. The molecule has 1 aromatic carbocycles. The van der Waals surface area contributed by atoms with Gasteiger partial charge in [0, 0.05) is 23.3 Å². The van der Waals surface area contributed by atoms with Crippen LogP contribution in [0.2, 0.25) is 0 Å². The fourth-order valence-corrected chi connectivity index (χ4v) is 2.67. The van der Waals surface area contributed by atoms with Crippen LogP contribution in [0.1, 0.15) is 10.5 Å². The van der Waals surface area contributed by atoms with Crippen LogP contribution in [0.15, 0.2) is 54.2 Å². The molecule has 0 aliphatic carbocycles. The molecule has 10 heteroatoms. The van der Waals surface area contributed by atoms with E-state index in [2.05, 4.69) is 30.8 Å². The lowest BCUT2D eigenvalue weighted by atomic mass is 10.2. The van der Waals surface area contributed by atoms with Crippen LogP contribution >= 0.6 is 11.3 Å². The van der Waals surface area contributed by atoms with Crippen molar-refractivity contribution in [1.29, 1.82) is 0 Å². The van der Waals surface area contributed by atoms with Gasteiger partial charge in [-0.3, -0.25) is 10.1 Å². The number of carbonyl (C=O) groups is 1. The Kier molecular flexibility index (Phi) is 4.01. The van der Waals surface area contributed by atoms with Crippen molar-refractivity contribution in [3.05, 3.63) is 59.9 Å². The molecule has 1 amide bonds. The van der Waals surface area contributed by atoms with E-state index in [4.69, 9.17) is 0 Å². The highest BCUT2D eigenvalue weighted by Gasteiger charge is 2.12. The average Bonchev–Trinajstić information content (AvgIpc) is 3.38. The molecule has 3 heterocycles. The van der Waals surface area contributed by atoms with E-state index >= 15 is 0 Å². The summed E-state index contributed by atoms with van der Waals surface area (Å²) in [6.07, 6.45) is 3.31. The van der Waals surface area contributed by atoms with Gasteiger partial charge >= 0.3 is 0 Å². The van der Waals surface area contributed by atoms with Gasteiger partial charge in [0.1, 0.15) is 0 Å². The van der Waals surface area contributed by atoms with Gasteiger partial charge in [0.25, 0.3) is 5.91 Å². The first-order valence-electron chi connectivity index (χ1n) is 7.35. The topological polar surface area (TPSA) is 103 Å². The molecule has 0 saturated heterocycles. The second-order valence-corrected chi connectivity index (χ2v) is 5.92. The molecule has 0 spiro atoms. The molecule has 1 N–H and O–H groups in total. The van der Waals surface area contributed by atoms with Crippen LogP contribution in [0, 0.1) is 0 Å². The maximum Gasteiger partial charge on any atom is 0.277 e. The average molecular weight is 352 g/mol. The van der Waals surface area contributed by atoms with E-state index in [1.54, 1.807) is 28.5 Å². The van der Waals surface area contributed by atoms with Crippen molar-refractivity contribution in [2.75, 3.05) is 5.32 Å². The van der Waals surface area contributed by atoms with E-state index in [0.29, 0.717) is 16.6 Å². The van der Waals surface area contributed by atoms with Crippen molar-refractivity contribution in [1.82, 2.24) is 35.0 Å². The van der Waals surface area contributed by atoms with Crippen molar-refractivity contribution < 1.29 is 4.79 Å². The number of hydrogen-bond acceptors (Lipinski definition) is 7. The number of carbonyl (C=O) groups excluding carboxylic acids is 1. The molecule has 25 heavy (non-hydrogen) atoms. The summed E-state index contributed by atoms with van der Waals surface area (Å²) in [5, 5.41) is 21.6. The Labute approximate surface area is 145 Å².